The van der Waals surface area contributed by atoms with E-state index >= 15 is 0 Å². The highest BCUT2D eigenvalue weighted by atomic mass is 16.5. The number of nitrogens with one attached hydrogen (secondary N) is 1. The van der Waals surface area contributed by atoms with Gasteiger partial charge in [0.05, 0.1) is 11.8 Å². The van der Waals surface area contributed by atoms with Gasteiger partial charge in [0, 0.05) is 12.1 Å². The molecule has 1 aliphatic rings. The molecule has 0 atom stereocenters. The number of rotatable bonds is 3. The topological polar surface area (TPSA) is 61.9 Å². The normalized spacial score (nSPS) is 18.6. The van der Waals surface area contributed by atoms with Crippen LogP contribution in [0, 0.1) is 25.2 Å². The van der Waals surface area contributed by atoms with Gasteiger partial charge in [-0.05, 0) is 26.7 Å². The van der Waals surface area contributed by atoms with E-state index in [1.807, 2.05) is 13.8 Å². The van der Waals surface area contributed by atoms with Crippen LogP contribution < -0.4 is 5.32 Å². The minimum atomic E-state index is -0.323. The maximum Gasteiger partial charge on any atom is 0.138 e. The predicted molar refractivity (Wildman–Crippen MR) is 59.6 cm³/mol. The van der Waals surface area contributed by atoms with E-state index in [-0.39, 0.29) is 5.54 Å². The first-order valence-electron chi connectivity index (χ1n) is 5.75. The summed E-state index contributed by atoms with van der Waals surface area (Å²) in [6, 6.07) is 2.42. The first-order chi connectivity index (χ1) is 7.67. The molecule has 0 unspecified atom stereocenters. The first kappa shape index (κ1) is 11.2. The molecule has 1 aliphatic carbocycles. The molecular formula is C12H17N3O. The van der Waals surface area contributed by atoms with Crippen molar-refractivity contribution >= 4 is 0 Å². The third-order valence-corrected chi connectivity index (χ3v) is 3.46. The number of nitrogens with zero attached hydrogens (tertiary/aromatic N) is 2. The molecule has 1 aromatic heterocycles. The van der Waals surface area contributed by atoms with Crippen molar-refractivity contribution in [3.63, 3.8) is 0 Å². The quantitative estimate of drug-likeness (QED) is 0.846. The van der Waals surface area contributed by atoms with Gasteiger partial charge < -0.3 is 4.52 Å². The van der Waals surface area contributed by atoms with Crippen molar-refractivity contribution < 1.29 is 4.52 Å². The van der Waals surface area contributed by atoms with Crippen LogP contribution >= 0.6 is 0 Å². The Bertz CT molecular complexity index is 391. The molecule has 2 rings (SSSR count). The fourth-order valence-electron chi connectivity index (χ4n) is 2.32. The average molecular weight is 219 g/mol. The summed E-state index contributed by atoms with van der Waals surface area (Å²) < 4.78 is 5.10. The zero-order valence-electron chi connectivity index (χ0n) is 9.84. The molecule has 0 amide bonds. The van der Waals surface area contributed by atoms with Gasteiger partial charge in [0.25, 0.3) is 0 Å². The van der Waals surface area contributed by atoms with Gasteiger partial charge in [-0.25, -0.2) is 0 Å². The molecule has 4 heteroatoms. The van der Waals surface area contributed by atoms with Gasteiger partial charge in [-0.15, -0.1) is 0 Å². The fourth-order valence-corrected chi connectivity index (χ4v) is 2.32. The summed E-state index contributed by atoms with van der Waals surface area (Å²) in [4.78, 5) is 0. The Morgan fingerprint density at radius 3 is 2.62 bits per heavy atom. The summed E-state index contributed by atoms with van der Waals surface area (Å²) in [6.45, 7) is 4.51. The predicted octanol–water partition coefficient (Wildman–Crippen LogP) is 2.22. The van der Waals surface area contributed by atoms with Gasteiger partial charge in [-0.3, -0.25) is 5.32 Å². The van der Waals surface area contributed by atoms with Crippen molar-refractivity contribution in [1.82, 2.24) is 10.5 Å². The first-order valence-corrected chi connectivity index (χ1v) is 5.75. The Labute approximate surface area is 95.6 Å². The van der Waals surface area contributed by atoms with E-state index < -0.39 is 0 Å². The Morgan fingerprint density at radius 1 is 1.44 bits per heavy atom. The van der Waals surface area contributed by atoms with Gasteiger partial charge in [0.1, 0.15) is 11.3 Å². The van der Waals surface area contributed by atoms with E-state index in [2.05, 4.69) is 16.5 Å². The monoisotopic (exact) mass is 219 g/mol. The number of hydrogen-bond donors (Lipinski definition) is 1. The molecule has 86 valence electrons. The van der Waals surface area contributed by atoms with Crippen LogP contribution in [0.5, 0.6) is 0 Å². The van der Waals surface area contributed by atoms with Crippen LogP contribution in [0.4, 0.5) is 0 Å². The fraction of sp³-hybridized carbons (Fsp3) is 0.667. The van der Waals surface area contributed by atoms with Crippen molar-refractivity contribution in [1.29, 1.82) is 5.26 Å². The molecule has 0 radical (unpaired) electrons. The molecule has 1 fully saturated rings. The van der Waals surface area contributed by atoms with Gasteiger partial charge in [0.15, 0.2) is 0 Å². The minimum absolute atomic E-state index is 0.323. The zero-order valence-corrected chi connectivity index (χ0v) is 9.84. The molecule has 1 saturated carbocycles. The summed E-state index contributed by atoms with van der Waals surface area (Å²) in [6.07, 6.45) is 4.18. The number of nitriles is 1. The van der Waals surface area contributed by atoms with Crippen LogP contribution in [0.15, 0.2) is 4.52 Å². The molecule has 16 heavy (non-hydrogen) atoms. The average Bonchev–Trinajstić information content (AvgIpc) is 2.86. The Morgan fingerprint density at radius 2 is 2.12 bits per heavy atom. The maximum absolute atomic E-state index is 9.23. The summed E-state index contributed by atoms with van der Waals surface area (Å²) in [7, 11) is 0. The van der Waals surface area contributed by atoms with E-state index in [1.165, 1.54) is 0 Å². The second-order valence-corrected chi connectivity index (χ2v) is 4.56. The van der Waals surface area contributed by atoms with Crippen molar-refractivity contribution in [3.05, 3.63) is 17.0 Å². The second-order valence-electron chi connectivity index (χ2n) is 4.56. The van der Waals surface area contributed by atoms with Gasteiger partial charge in [-0.2, -0.15) is 5.26 Å². The van der Waals surface area contributed by atoms with Crippen LogP contribution in [0.3, 0.4) is 0 Å². The summed E-state index contributed by atoms with van der Waals surface area (Å²) >= 11 is 0. The van der Waals surface area contributed by atoms with E-state index in [9.17, 15) is 5.26 Å². The lowest BCUT2D eigenvalue weighted by Gasteiger charge is -2.21. The highest BCUT2D eigenvalue weighted by Gasteiger charge is 2.33. The molecule has 1 heterocycles. The molecule has 0 aliphatic heterocycles. The number of hydrogen-bond acceptors (Lipinski definition) is 4. The Balaban J connectivity index is 2.04. The molecule has 0 bridgehead atoms. The minimum Gasteiger partial charge on any atom is -0.361 e. The molecule has 0 spiro atoms. The molecule has 4 nitrogen and oxygen atoms in total. The third kappa shape index (κ3) is 1.96. The van der Waals surface area contributed by atoms with Gasteiger partial charge in [-0.1, -0.05) is 18.0 Å². The van der Waals surface area contributed by atoms with E-state index in [0.717, 1.165) is 42.7 Å². The van der Waals surface area contributed by atoms with E-state index in [0.29, 0.717) is 6.54 Å². The summed E-state index contributed by atoms with van der Waals surface area (Å²) in [5.74, 6) is 0.844. The highest BCUT2D eigenvalue weighted by Crippen LogP contribution is 2.29. The number of aromatic nitrogens is 1. The smallest absolute Gasteiger partial charge is 0.138 e. The summed E-state index contributed by atoms with van der Waals surface area (Å²) in [5, 5.41) is 16.5. The zero-order chi connectivity index (χ0) is 11.6. The van der Waals surface area contributed by atoms with E-state index in [1.54, 1.807) is 0 Å². The second kappa shape index (κ2) is 4.26. The molecule has 0 aromatic carbocycles. The Kier molecular flexibility index (Phi) is 2.97. The lowest BCUT2D eigenvalue weighted by atomic mass is 9.99. The molecule has 0 saturated heterocycles. The van der Waals surface area contributed by atoms with Crippen LogP contribution in [0.1, 0.15) is 42.7 Å². The van der Waals surface area contributed by atoms with Crippen LogP contribution in [0.2, 0.25) is 0 Å². The lowest BCUT2D eigenvalue weighted by Crippen LogP contribution is -2.40. The van der Waals surface area contributed by atoms with Crippen molar-refractivity contribution in [2.75, 3.05) is 0 Å². The largest absolute Gasteiger partial charge is 0.361 e. The van der Waals surface area contributed by atoms with Crippen LogP contribution in [-0.4, -0.2) is 10.7 Å². The molecular weight excluding hydrogens is 202 g/mol. The van der Waals surface area contributed by atoms with Crippen molar-refractivity contribution in [3.8, 4) is 6.07 Å². The van der Waals surface area contributed by atoms with Crippen molar-refractivity contribution in [2.45, 2.75) is 51.6 Å². The summed E-state index contributed by atoms with van der Waals surface area (Å²) in [5.41, 5.74) is 1.67. The SMILES string of the molecule is Cc1noc(C)c1CNC1(C#N)CCCC1. The third-order valence-electron chi connectivity index (χ3n) is 3.46. The number of aryl methyl sites for hydroxylation is 2. The van der Waals surface area contributed by atoms with E-state index in [4.69, 9.17) is 4.52 Å². The lowest BCUT2D eigenvalue weighted by molar-refractivity contribution is 0.388. The molecule has 1 aromatic rings. The van der Waals surface area contributed by atoms with Gasteiger partial charge >= 0.3 is 0 Å². The molecule has 1 N–H and O–H groups in total. The highest BCUT2D eigenvalue weighted by molar-refractivity contribution is 5.22. The van der Waals surface area contributed by atoms with Crippen molar-refractivity contribution in [2.24, 2.45) is 0 Å². The van der Waals surface area contributed by atoms with Crippen LogP contribution in [0.25, 0.3) is 0 Å². The maximum atomic E-state index is 9.23. The van der Waals surface area contributed by atoms with Gasteiger partial charge in [0.2, 0.25) is 0 Å². The van der Waals surface area contributed by atoms with Crippen LogP contribution in [-0.2, 0) is 6.54 Å². The standard InChI is InChI=1S/C12H17N3O/c1-9-11(10(2)16-15-9)7-14-12(8-13)5-3-4-6-12/h14H,3-7H2,1-2H3. The Hall–Kier alpha value is -1.34.